The summed E-state index contributed by atoms with van der Waals surface area (Å²) in [5.41, 5.74) is 5.35. The van der Waals surface area contributed by atoms with E-state index in [-0.39, 0.29) is 12.2 Å². The number of benzene rings is 2. The van der Waals surface area contributed by atoms with E-state index in [0.717, 1.165) is 0 Å². The molecular weight excluding hydrogens is 256 g/mol. The van der Waals surface area contributed by atoms with E-state index >= 15 is 0 Å². The lowest BCUT2D eigenvalue weighted by Gasteiger charge is -2.06. The Balaban J connectivity index is 1.70. The molecule has 0 spiro atoms. The van der Waals surface area contributed by atoms with Gasteiger partial charge in [-0.25, -0.2) is 0 Å². The summed E-state index contributed by atoms with van der Waals surface area (Å²) in [4.78, 5) is 0. The zero-order chi connectivity index (χ0) is 15.0. The van der Waals surface area contributed by atoms with Gasteiger partial charge in [-0.3, -0.25) is 0 Å². The van der Waals surface area contributed by atoms with Crippen molar-refractivity contribution in [2.75, 3.05) is 0 Å². The fraction of sp³-hybridized carbons (Fsp3) is 0.400. The molecule has 2 aromatic carbocycles. The van der Waals surface area contributed by atoms with Gasteiger partial charge in [0, 0.05) is 0 Å². The molecule has 2 aromatic rings. The van der Waals surface area contributed by atoms with Crippen molar-refractivity contribution in [1.29, 1.82) is 0 Å². The Bertz CT molecular complexity index is 537. The molecular formula is C20H24O. The van der Waals surface area contributed by atoms with Crippen LogP contribution in [-0.2, 0) is 4.74 Å². The molecule has 1 nitrogen and oxygen atoms in total. The quantitative estimate of drug-likeness (QED) is 0.650. The Kier molecular flexibility index (Phi) is 3.86. The Morgan fingerprint density at radius 2 is 0.952 bits per heavy atom. The number of hydrogen-bond donors (Lipinski definition) is 0. The van der Waals surface area contributed by atoms with Gasteiger partial charge in [-0.2, -0.15) is 0 Å². The predicted octanol–water partition coefficient (Wildman–Crippen LogP) is 5.75. The highest BCUT2D eigenvalue weighted by Crippen LogP contribution is 2.51. The van der Waals surface area contributed by atoms with Gasteiger partial charge in [0.25, 0.3) is 0 Å². The molecule has 1 fully saturated rings. The van der Waals surface area contributed by atoms with E-state index in [1.54, 1.807) is 0 Å². The summed E-state index contributed by atoms with van der Waals surface area (Å²) in [7, 11) is 0. The first kappa shape index (κ1) is 14.3. The van der Waals surface area contributed by atoms with E-state index in [9.17, 15) is 0 Å². The predicted molar refractivity (Wildman–Crippen MR) is 87.6 cm³/mol. The van der Waals surface area contributed by atoms with Crippen LogP contribution >= 0.6 is 0 Å². The van der Waals surface area contributed by atoms with Crippen molar-refractivity contribution in [3.05, 3.63) is 70.8 Å². The SMILES string of the molecule is CC(C)c1ccc([C@H]2O[C@@H]2c2ccc(C(C)C)cc2)cc1. The summed E-state index contributed by atoms with van der Waals surface area (Å²) in [6.07, 6.45) is 0.465. The molecule has 0 aliphatic carbocycles. The number of ether oxygens (including phenoxy) is 1. The standard InChI is InChI=1S/C20H24O/c1-13(2)15-5-9-17(10-6-15)19-20(21-19)18-11-7-16(8-12-18)14(3)4/h5-14,19-20H,1-4H3/t19-,20-/m1/s1. The lowest BCUT2D eigenvalue weighted by molar-refractivity contribution is 0.377. The van der Waals surface area contributed by atoms with Crippen LogP contribution in [0.4, 0.5) is 0 Å². The number of epoxide rings is 1. The van der Waals surface area contributed by atoms with Crippen molar-refractivity contribution in [2.24, 2.45) is 0 Å². The maximum Gasteiger partial charge on any atom is 0.114 e. The van der Waals surface area contributed by atoms with Crippen LogP contribution in [0.15, 0.2) is 48.5 Å². The smallest absolute Gasteiger partial charge is 0.114 e. The van der Waals surface area contributed by atoms with Crippen molar-refractivity contribution >= 4 is 0 Å². The maximum atomic E-state index is 5.89. The average molecular weight is 280 g/mol. The zero-order valence-electron chi connectivity index (χ0n) is 13.3. The molecule has 1 heteroatoms. The van der Waals surface area contributed by atoms with Crippen molar-refractivity contribution < 1.29 is 4.74 Å². The molecule has 1 saturated heterocycles. The topological polar surface area (TPSA) is 12.5 Å². The van der Waals surface area contributed by atoms with E-state index in [4.69, 9.17) is 4.74 Å². The Labute approximate surface area is 128 Å². The maximum absolute atomic E-state index is 5.89. The van der Waals surface area contributed by atoms with Crippen LogP contribution in [0.25, 0.3) is 0 Å². The van der Waals surface area contributed by atoms with Gasteiger partial charge in [0.2, 0.25) is 0 Å². The third-order valence-electron chi connectivity index (χ3n) is 4.35. The first-order valence-corrected chi connectivity index (χ1v) is 7.91. The van der Waals surface area contributed by atoms with Crippen molar-refractivity contribution in [1.82, 2.24) is 0 Å². The fourth-order valence-electron chi connectivity index (χ4n) is 2.76. The normalized spacial score (nSPS) is 21.0. The average Bonchev–Trinajstić information content (AvgIpc) is 3.28. The second kappa shape index (κ2) is 5.65. The van der Waals surface area contributed by atoms with Crippen molar-refractivity contribution in [3.63, 3.8) is 0 Å². The molecule has 0 N–H and O–H groups in total. The molecule has 1 aliphatic heterocycles. The van der Waals surface area contributed by atoms with Gasteiger partial charge < -0.3 is 4.74 Å². The second-order valence-electron chi connectivity index (χ2n) is 6.62. The minimum Gasteiger partial charge on any atom is -0.359 e. The highest BCUT2D eigenvalue weighted by molar-refractivity contribution is 5.34. The van der Waals surface area contributed by atoms with Crippen LogP contribution in [0.2, 0.25) is 0 Å². The van der Waals surface area contributed by atoms with Crippen molar-refractivity contribution in [3.8, 4) is 0 Å². The first-order valence-electron chi connectivity index (χ1n) is 7.91. The molecule has 0 amide bonds. The van der Waals surface area contributed by atoms with Crippen LogP contribution in [-0.4, -0.2) is 0 Å². The van der Waals surface area contributed by atoms with E-state index in [1.807, 2.05) is 0 Å². The lowest BCUT2D eigenvalue weighted by Crippen LogP contribution is -1.90. The Morgan fingerprint density at radius 3 is 1.24 bits per heavy atom. The van der Waals surface area contributed by atoms with Gasteiger partial charge >= 0.3 is 0 Å². The van der Waals surface area contributed by atoms with Crippen LogP contribution in [0, 0.1) is 0 Å². The fourth-order valence-corrected chi connectivity index (χ4v) is 2.76. The van der Waals surface area contributed by atoms with Crippen LogP contribution in [0.1, 0.15) is 74.0 Å². The van der Waals surface area contributed by atoms with Gasteiger partial charge in [-0.15, -0.1) is 0 Å². The van der Waals surface area contributed by atoms with Gasteiger partial charge in [-0.05, 0) is 34.1 Å². The molecule has 0 bridgehead atoms. The Hall–Kier alpha value is -1.60. The van der Waals surface area contributed by atoms with Gasteiger partial charge in [-0.1, -0.05) is 76.2 Å². The molecule has 2 atom stereocenters. The minimum atomic E-state index is 0.233. The molecule has 21 heavy (non-hydrogen) atoms. The van der Waals surface area contributed by atoms with E-state index in [2.05, 4.69) is 76.2 Å². The molecule has 0 radical (unpaired) electrons. The third kappa shape index (κ3) is 3.03. The van der Waals surface area contributed by atoms with Gasteiger partial charge in [0.05, 0.1) is 0 Å². The Morgan fingerprint density at radius 1 is 0.619 bits per heavy atom. The highest BCUT2D eigenvalue weighted by atomic mass is 16.6. The highest BCUT2D eigenvalue weighted by Gasteiger charge is 2.41. The van der Waals surface area contributed by atoms with Crippen molar-refractivity contribution in [2.45, 2.75) is 51.7 Å². The summed E-state index contributed by atoms with van der Waals surface area (Å²) in [5, 5.41) is 0. The molecule has 1 heterocycles. The lowest BCUT2D eigenvalue weighted by atomic mass is 9.97. The largest absolute Gasteiger partial charge is 0.359 e. The molecule has 0 aromatic heterocycles. The summed E-state index contributed by atoms with van der Waals surface area (Å²) in [5.74, 6) is 1.16. The van der Waals surface area contributed by atoms with Crippen LogP contribution in [0.5, 0.6) is 0 Å². The molecule has 110 valence electrons. The number of rotatable bonds is 4. The molecule has 0 unspecified atom stereocenters. The van der Waals surface area contributed by atoms with Gasteiger partial charge in [0.15, 0.2) is 0 Å². The number of hydrogen-bond acceptors (Lipinski definition) is 1. The minimum absolute atomic E-state index is 0.233. The molecule has 1 aliphatic rings. The molecule has 0 saturated carbocycles. The van der Waals surface area contributed by atoms with E-state index in [1.165, 1.54) is 22.3 Å². The summed E-state index contributed by atoms with van der Waals surface area (Å²) in [6, 6.07) is 17.7. The monoisotopic (exact) mass is 280 g/mol. The van der Waals surface area contributed by atoms with E-state index < -0.39 is 0 Å². The molecule has 3 rings (SSSR count). The van der Waals surface area contributed by atoms with E-state index in [0.29, 0.717) is 11.8 Å². The summed E-state index contributed by atoms with van der Waals surface area (Å²) >= 11 is 0. The first-order chi connectivity index (χ1) is 10.1. The van der Waals surface area contributed by atoms with Crippen LogP contribution in [0.3, 0.4) is 0 Å². The van der Waals surface area contributed by atoms with Gasteiger partial charge in [0.1, 0.15) is 12.2 Å². The summed E-state index contributed by atoms with van der Waals surface area (Å²) < 4.78 is 5.89. The van der Waals surface area contributed by atoms with Crippen LogP contribution < -0.4 is 0 Å². The third-order valence-corrected chi connectivity index (χ3v) is 4.35. The zero-order valence-corrected chi connectivity index (χ0v) is 13.3. The summed E-state index contributed by atoms with van der Waals surface area (Å²) in [6.45, 7) is 8.90. The second-order valence-corrected chi connectivity index (χ2v) is 6.62.